The van der Waals surface area contributed by atoms with Crippen molar-refractivity contribution in [3.8, 4) is 0 Å². The van der Waals surface area contributed by atoms with E-state index in [1.165, 1.54) is 32.9 Å². The third-order valence-corrected chi connectivity index (χ3v) is 15.3. The number of carbonyl (C=O) groups is 3. The Morgan fingerprint density at radius 2 is 1.63 bits per heavy atom. The zero-order valence-corrected chi connectivity index (χ0v) is 32.8. The minimum atomic E-state index is -3.99. The lowest BCUT2D eigenvalue weighted by atomic mass is 9.43. The van der Waals surface area contributed by atoms with Crippen LogP contribution in [0.25, 0.3) is 0 Å². The molecule has 0 aromatic heterocycles. The summed E-state index contributed by atoms with van der Waals surface area (Å²) >= 11 is 0. The Labute approximate surface area is 308 Å². The van der Waals surface area contributed by atoms with Gasteiger partial charge in [-0.2, -0.15) is 8.42 Å². The lowest BCUT2D eigenvalue weighted by molar-refractivity contribution is -0.227. The first kappa shape index (κ1) is 39.2. The number of benzene rings is 1. The van der Waals surface area contributed by atoms with E-state index in [0.29, 0.717) is 24.7 Å². The molecule has 5 aliphatic rings. The number of carbonyl (C=O) groups excluding carboxylic acids is 3. The zero-order chi connectivity index (χ0) is 38.0. The summed E-state index contributed by atoms with van der Waals surface area (Å²) in [6.07, 6.45) is 3.92. The molecule has 0 amide bonds. The fraction of sp³-hybridized carbons (Fsp3) is 0.775. The van der Waals surface area contributed by atoms with E-state index in [2.05, 4.69) is 13.8 Å². The number of esters is 3. The van der Waals surface area contributed by atoms with Gasteiger partial charge in [-0.3, -0.25) is 18.6 Å². The lowest BCUT2D eigenvalue weighted by Crippen LogP contribution is -2.60. The molecule has 5 fully saturated rings. The third kappa shape index (κ3) is 7.06. The van der Waals surface area contributed by atoms with Gasteiger partial charge in [-0.25, -0.2) is 0 Å². The lowest BCUT2D eigenvalue weighted by Gasteiger charge is -2.62. The molecule has 0 bridgehead atoms. The number of aryl methyl sites for hydroxylation is 1. The van der Waals surface area contributed by atoms with Gasteiger partial charge >= 0.3 is 17.9 Å². The Bertz CT molecular complexity index is 1630. The van der Waals surface area contributed by atoms with E-state index in [1.807, 2.05) is 20.8 Å². The molecule has 6 rings (SSSR count). The van der Waals surface area contributed by atoms with Crippen LogP contribution in [0.5, 0.6) is 0 Å². The Morgan fingerprint density at radius 3 is 2.27 bits per heavy atom. The predicted octanol–water partition coefficient (Wildman–Crippen LogP) is 6.12. The Balaban J connectivity index is 1.22. The van der Waals surface area contributed by atoms with Crippen LogP contribution in [0.15, 0.2) is 29.2 Å². The summed E-state index contributed by atoms with van der Waals surface area (Å²) in [6.45, 7) is 14.4. The summed E-state index contributed by atoms with van der Waals surface area (Å²) in [5, 5.41) is 12.5. The Hall–Kier alpha value is -2.54. The zero-order valence-electron chi connectivity index (χ0n) is 32.0. The molecule has 290 valence electrons. The normalized spacial score (nSPS) is 40.7. The second kappa shape index (κ2) is 14.3. The van der Waals surface area contributed by atoms with Gasteiger partial charge < -0.3 is 24.1 Å². The molecule has 0 radical (unpaired) electrons. The molecule has 4 aliphatic carbocycles. The van der Waals surface area contributed by atoms with Gasteiger partial charge in [0, 0.05) is 38.5 Å². The molecule has 1 aromatic rings. The number of hydrogen-bond donors (Lipinski definition) is 1. The minimum Gasteiger partial charge on any atom is -0.463 e. The van der Waals surface area contributed by atoms with Crippen LogP contribution < -0.4 is 0 Å². The number of hydrogen-bond acceptors (Lipinski definition) is 11. The van der Waals surface area contributed by atoms with E-state index >= 15 is 0 Å². The standard InChI is InChI=1S/C40H58O11S/c1-22-9-12-30(13-10-22)52(45,46)47-21-23(2)17-34(49-26(5)42)36-24(3)37-39(8)33(20-40(37,44)51-36)31-14-11-28-18-29(48-25(4)41)15-16-38(28,7)32(31)19-35(39)50-27(6)43/h9-10,12-13,23-24,28-29,31-37,44H,11,14-21H2,1-8H3/t23-,24+,28+,29+,31-,32+,33+,34?,35-,36+,37-,38+,39-,40+/m1/s1. The van der Waals surface area contributed by atoms with E-state index in [0.717, 1.165) is 37.7 Å². The average molecular weight is 747 g/mol. The van der Waals surface area contributed by atoms with Crippen LogP contribution >= 0.6 is 0 Å². The number of ether oxygens (including phenoxy) is 4. The third-order valence-electron chi connectivity index (χ3n) is 14.0. The second-order valence-corrected chi connectivity index (χ2v) is 19.0. The fourth-order valence-corrected chi connectivity index (χ4v) is 12.9. The highest BCUT2D eigenvalue weighted by molar-refractivity contribution is 7.86. The summed E-state index contributed by atoms with van der Waals surface area (Å²) in [5.74, 6) is -2.67. The van der Waals surface area contributed by atoms with Crippen molar-refractivity contribution in [3.63, 3.8) is 0 Å². The minimum absolute atomic E-state index is 0.0137. The van der Waals surface area contributed by atoms with Crippen LogP contribution in [0.4, 0.5) is 0 Å². The van der Waals surface area contributed by atoms with E-state index in [-0.39, 0.29) is 65.1 Å². The van der Waals surface area contributed by atoms with Crippen molar-refractivity contribution in [2.75, 3.05) is 6.61 Å². The maximum Gasteiger partial charge on any atom is 0.302 e. The van der Waals surface area contributed by atoms with Gasteiger partial charge in [0.05, 0.1) is 11.5 Å². The maximum atomic E-state index is 12.9. The van der Waals surface area contributed by atoms with Crippen molar-refractivity contribution in [1.29, 1.82) is 0 Å². The Kier molecular flexibility index (Phi) is 10.7. The predicted molar refractivity (Wildman–Crippen MR) is 190 cm³/mol. The molecule has 14 atom stereocenters. The molecule has 1 unspecified atom stereocenters. The molecule has 1 N–H and O–H groups in total. The van der Waals surface area contributed by atoms with Crippen LogP contribution in [-0.4, -0.2) is 68.2 Å². The van der Waals surface area contributed by atoms with Gasteiger partial charge in [-0.15, -0.1) is 0 Å². The fourth-order valence-electron chi connectivity index (χ4n) is 11.9. The SMILES string of the molecule is CC(=O)OC(C[C@@H](C)COS(=O)(=O)c1ccc(C)cc1)[C@H]1O[C@@]2(O)C[C@H]3[C@@H]4CC[C@H]5C[C@@H](OC(C)=O)CC[C@]5(C)[C@H]4C[C@@H](OC(C)=O)[C@]3(C)[C@H]2[C@H]1C. The molecule has 0 spiro atoms. The van der Waals surface area contributed by atoms with Crippen LogP contribution in [0.1, 0.15) is 105 Å². The van der Waals surface area contributed by atoms with Crippen molar-refractivity contribution in [2.24, 2.45) is 52.3 Å². The van der Waals surface area contributed by atoms with Gasteiger partial charge in [0.2, 0.25) is 0 Å². The molecule has 11 nitrogen and oxygen atoms in total. The molecule has 12 heteroatoms. The van der Waals surface area contributed by atoms with Gasteiger partial charge in [0.15, 0.2) is 5.79 Å². The van der Waals surface area contributed by atoms with Crippen molar-refractivity contribution < 1.29 is 51.0 Å². The van der Waals surface area contributed by atoms with Crippen molar-refractivity contribution in [1.82, 2.24) is 0 Å². The molecule has 52 heavy (non-hydrogen) atoms. The Morgan fingerprint density at radius 1 is 0.962 bits per heavy atom. The molecule has 1 saturated heterocycles. The maximum absolute atomic E-state index is 12.9. The number of fused-ring (bicyclic) bond motifs is 7. The molecular formula is C40H58O11S. The van der Waals surface area contributed by atoms with Crippen molar-refractivity contribution in [2.45, 2.75) is 142 Å². The first-order valence-electron chi connectivity index (χ1n) is 19.2. The van der Waals surface area contributed by atoms with Gasteiger partial charge in [0.1, 0.15) is 24.4 Å². The molecular weight excluding hydrogens is 688 g/mol. The summed E-state index contributed by atoms with van der Waals surface area (Å²) in [7, 11) is -3.99. The molecule has 1 aliphatic heterocycles. The largest absolute Gasteiger partial charge is 0.463 e. The molecule has 1 heterocycles. The van der Waals surface area contributed by atoms with Crippen molar-refractivity contribution in [3.05, 3.63) is 29.8 Å². The van der Waals surface area contributed by atoms with Gasteiger partial charge in [-0.1, -0.05) is 45.4 Å². The first-order chi connectivity index (χ1) is 24.3. The summed E-state index contributed by atoms with van der Waals surface area (Å²) in [5.41, 5.74) is 0.314. The highest BCUT2D eigenvalue weighted by Crippen LogP contribution is 2.72. The van der Waals surface area contributed by atoms with E-state index in [9.17, 15) is 27.9 Å². The number of aliphatic hydroxyl groups is 1. The quantitative estimate of drug-likeness (QED) is 0.167. The highest BCUT2D eigenvalue weighted by atomic mass is 32.2. The summed E-state index contributed by atoms with van der Waals surface area (Å²) < 4.78 is 55.7. The molecule has 1 aromatic carbocycles. The van der Waals surface area contributed by atoms with Crippen molar-refractivity contribution >= 4 is 28.0 Å². The second-order valence-electron chi connectivity index (χ2n) is 17.4. The van der Waals surface area contributed by atoms with Gasteiger partial charge in [0.25, 0.3) is 10.1 Å². The highest BCUT2D eigenvalue weighted by Gasteiger charge is 2.75. The summed E-state index contributed by atoms with van der Waals surface area (Å²) in [4.78, 5) is 37.0. The van der Waals surface area contributed by atoms with Gasteiger partial charge in [-0.05, 0) is 105 Å². The summed E-state index contributed by atoms with van der Waals surface area (Å²) in [6, 6.07) is 6.45. The van der Waals surface area contributed by atoms with E-state index in [1.54, 1.807) is 12.1 Å². The molecule has 4 saturated carbocycles. The monoisotopic (exact) mass is 746 g/mol. The average Bonchev–Trinajstić information content (AvgIpc) is 3.46. The van der Waals surface area contributed by atoms with Crippen LogP contribution in [0, 0.1) is 59.2 Å². The first-order valence-corrected chi connectivity index (χ1v) is 20.6. The smallest absolute Gasteiger partial charge is 0.302 e. The van der Waals surface area contributed by atoms with E-state index in [4.69, 9.17) is 23.1 Å². The van der Waals surface area contributed by atoms with Crippen LogP contribution in [0.3, 0.4) is 0 Å². The number of rotatable bonds is 10. The topological polar surface area (TPSA) is 152 Å². The van der Waals surface area contributed by atoms with Crippen LogP contribution in [-0.2, 0) is 47.6 Å². The van der Waals surface area contributed by atoms with Crippen LogP contribution in [0.2, 0.25) is 0 Å². The van der Waals surface area contributed by atoms with E-state index < -0.39 is 51.5 Å².